The number of aromatic nitrogens is 1. The molecule has 0 fully saturated rings. The smallest absolute Gasteiger partial charge is 0.140 e. The number of hydrogen-bond acceptors (Lipinski definition) is 2. The van der Waals surface area contributed by atoms with E-state index in [1.165, 1.54) is 23.1 Å². The van der Waals surface area contributed by atoms with Gasteiger partial charge in [-0.2, -0.15) is 0 Å². The fraction of sp³-hybridized carbons (Fsp3) is 0.312. The normalized spacial score (nSPS) is 17.9. The Kier molecular flexibility index (Phi) is 3.56. The van der Waals surface area contributed by atoms with Gasteiger partial charge < -0.3 is 5.32 Å². The summed E-state index contributed by atoms with van der Waals surface area (Å²) in [5.74, 6) is 0.962. The highest BCUT2D eigenvalue weighted by molar-refractivity contribution is 9.10. The fourth-order valence-electron chi connectivity index (χ4n) is 2.66. The van der Waals surface area contributed by atoms with Gasteiger partial charge in [0, 0.05) is 12.2 Å². The molecule has 0 amide bonds. The molecule has 1 atom stereocenters. The van der Waals surface area contributed by atoms with Crippen molar-refractivity contribution in [3.05, 3.63) is 57.7 Å². The monoisotopic (exact) mass is 316 g/mol. The average molecular weight is 317 g/mol. The van der Waals surface area contributed by atoms with Crippen LogP contribution >= 0.6 is 15.9 Å². The van der Waals surface area contributed by atoms with Gasteiger partial charge in [0.1, 0.15) is 5.82 Å². The van der Waals surface area contributed by atoms with Crippen molar-refractivity contribution in [2.75, 3.05) is 5.32 Å². The molecule has 1 unspecified atom stereocenters. The zero-order chi connectivity index (χ0) is 13.2. The topological polar surface area (TPSA) is 24.9 Å². The van der Waals surface area contributed by atoms with Gasteiger partial charge in [-0.1, -0.05) is 24.3 Å². The summed E-state index contributed by atoms with van der Waals surface area (Å²) in [4.78, 5) is 4.43. The van der Waals surface area contributed by atoms with Gasteiger partial charge in [-0.05, 0) is 64.9 Å². The fourth-order valence-corrected chi connectivity index (χ4v) is 3.00. The van der Waals surface area contributed by atoms with Crippen LogP contribution in [0.4, 0.5) is 5.82 Å². The van der Waals surface area contributed by atoms with Crippen LogP contribution in [0.5, 0.6) is 0 Å². The molecule has 3 heteroatoms. The van der Waals surface area contributed by atoms with Crippen molar-refractivity contribution < 1.29 is 0 Å². The Morgan fingerprint density at radius 3 is 2.84 bits per heavy atom. The number of aryl methyl sites for hydroxylation is 2. The van der Waals surface area contributed by atoms with E-state index in [9.17, 15) is 0 Å². The lowest BCUT2D eigenvalue weighted by molar-refractivity contribution is 0.608. The molecule has 98 valence electrons. The summed E-state index contributed by atoms with van der Waals surface area (Å²) < 4.78 is 1.08. The molecule has 0 saturated carbocycles. The molecule has 1 aliphatic carbocycles. The first-order valence-corrected chi connectivity index (χ1v) is 7.48. The number of nitrogens with one attached hydrogen (secondary N) is 1. The predicted molar refractivity (Wildman–Crippen MR) is 82.6 cm³/mol. The molecule has 2 aromatic rings. The first kappa shape index (κ1) is 12.7. The van der Waals surface area contributed by atoms with Crippen molar-refractivity contribution in [3.63, 3.8) is 0 Å². The van der Waals surface area contributed by atoms with Crippen LogP contribution in [-0.4, -0.2) is 11.0 Å². The third-order valence-corrected chi connectivity index (χ3v) is 4.77. The number of halogens is 1. The first-order chi connectivity index (χ1) is 9.24. The lowest BCUT2D eigenvalue weighted by atomic mass is 9.88. The summed E-state index contributed by atoms with van der Waals surface area (Å²) in [6.45, 7) is 2.09. The van der Waals surface area contributed by atoms with Crippen LogP contribution in [0.25, 0.3) is 0 Å². The second-order valence-corrected chi connectivity index (χ2v) is 5.94. The summed E-state index contributed by atoms with van der Waals surface area (Å²) >= 11 is 3.61. The molecule has 1 aromatic carbocycles. The van der Waals surface area contributed by atoms with Gasteiger partial charge in [-0.25, -0.2) is 4.98 Å². The van der Waals surface area contributed by atoms with Gasteiger partial charge in [0.2, 0.25) is 0 Å². The number of hydrogen-bond donors (Lipinski definition) is 1. The van der Waals surface area contributed by atoms with Crippen molar-refractivity contribution in [3.8, 4) is 0 Å². The van der Waals surface area contributed by atoms with Gasteiger partial charge in [0.15, 0.2) is 0 Å². The molecule has 1 heterocycles. The quantitative estimate of drug-likeness (QED) is 0.901. The van der Waals surface area contributed by atoms with Crippen LogP contribution in [0.15, 0.2) is 41.0 Å². The summed E-state index contributed by atoms with van der Waals surface area (Å²) in [6, 6.07) is 11.2. The predicted octanol–water partition coefficient (Wildman–Crippen LogP) is 4.12. The van der Waals surface area contributed by atoms with E-state index < -0.39 is 0 Å². The Bertz CT molecular complexity index is 595. The van der Waals surface area contributed by atoms with E-state index in [1.807, 2.05) is 12.3 Å². The highest BCUT2D eigenvalue weighted by atomic mass is 79.9. The summed E-state index contributed by atoms with van der Waals surface area (Å²) in [5.41, 5.74) is 4.18. The van der Waals surface area contributed by atoms with Crippen molar-refractivity contribution in [1.82, 2.24) is 4.98 Å². The molecule has 1 aliphatic rings. The van der Waals surface area contributed by atoms with E-state index in [0.29, 0.717) is 6.04 Å². The zero-order valence-electron chi connectivity index (χ0n) is 11.0. The van der Waals surface area contributed by atoms with Crippen LogP contribution < -0.4 is 5.32 Å². The molecule has 19 heavy (non-hydrogen) atoms. The van der Waals surface area contributed by atoms with Crippen molar-refractivity contribution >= 4 is 21.7 Å². The minimum atomic E-state index is 0.473. The van der Waals surface area contributed by atoms with Gasteiger partial charge in [-0.3, -0.25) is 0 Å². The molecular weight excluding hydrogens is 300 g/mol. The summed E-state index contributed by atoms with van der Waals surface area (Å²) in [5, 5.41) is 3.57. The molecule has 1 N–H and O–H groups in total. The Hall–Kier alpha value is -1.35. The minimum Gasteiger partial charge on any atom is -0.366 e. The first-order valence-electron chi connectivity index (χ1n) is 6.68. The molecule has 0 spiro atoms. The molecule has 0 bridgehead atoms. The molecule has 0 radical (unpaired) electrons. The Labute approximate surface area is 122 Å². The highest BCUT2D eigenvalue weighted by Gasteiger charge is 2.19. The maximum Gasteiger partial charge on any atom is 0.140 e. The van der Waals surface area contributed by atoms with Crippen LogP contribution in [0, 0.1) is 6.92 Å². The van der Waals surface area contributed by atoms with Crippen LogP contribution in [0.1, 0.15) is 23.1 Å². The second-order valence-electron chi connectivity index (χ2n) is 5.14. The van der Waals surface area contributed by atoms with E-state index in [1.54, 1.807) is 0 Å². The standard InChI is InChI=1S/C16H17BrN2/c1-11-8-9-18-16(15(11)17)19-14-7-6-12-4-2-3-5-13(12)10-14/h2-5,8-9,14H,6-7,10H2,1H3,(H,18,19). The number of nitrogens with zero attached hydrogens (tertiary/aromatic N) is 1. The van der Waals surface area contributed by atoms with Crippen LogP contribution in [0.2, 0.25) is 0 Å². The Balaban J connectivity index is 1.77. The number of benzene rings is 1. The Morgan fingerprint density at radius 2 is 2.00 bits per heavy atom. The van der Waals surface area contributed by atoms with E-state index in [4.69, 9.17) is 0 Å². The molecule has 1 aromatic heterocycles. The number of rotatable bonds is 2. The number of fused-ring (bicyclic) bond motifs is 1. The van der Waals surface area contributed by atoms with Crippen LogP contribution in [-0.2, 0) is 12.8 Å². The molecular formula is C16H17BrN2. The maximum atomic E-state index is 4.43. The van der Waals surface area contributed by atoms with Gasteiger partial charge in [0.05, 0.1) is 4.47 Å². The highest BCUT2D eigenvalue weighted by Crippen LogP contribution is 2.27. The summed E-state index contributed by atoms with van der Waals surface area (Å²) in [7, 11) is 0. The second kappa shape index (κ2) is 5.33. The lowest BCUT2D eigenvalue weighted by Gasteiger charge is -2.26. The van der Waals surface area contributed by atoms with Crippen molar-refractivity contribution in [2.24, 2.45) is 0 Å². The minimum absolute atomic E-state index is 0.473. The zero-order valence-corrected chi connectivity index (χ0v) is 12.6. The Morgan fingerprint density at radius 1 is 1.21 bits per heavy atom. The third kappa shape index (κ3) is 2.66. The summed E-state index contributed by atoms with van der Waals surface area (Å²) in [6.07, 6.45) is 5.26. The van der Waals surface area contributed by atoms with E-state index in [2.05, 4.69) is 57.4 Å². The maximum absolute atomic E-state index is 4.43. The number of anilines is 1. The van der Waals surface area contributed by atoms with Crippen molar-refractivity contribution in [2.45, 2.75) is 32.2 Å². The molecule has 3 rings (SSSR count). The molecule has 0 saturated heterocycles. The number of pyridine rings is 1. The van der Waals surface area contributed by atoms with E-state index in [0.717, 1.165) is 23.1 Å². The van der Waals surface area contributed by atoms with E-state index in [-0.39, 0.29) is 0 Å². The molecule has 2 nitrogen and oxygen atoms in total. The van der Waals surface area contributed by atoms with Gasteiger partial charge in [-0.15, -0.1) is 0 Å². The van der Waals surface area contributed by atoms with Gasteiger partial charge in [0.25, 0.3) is 0 Å². The van der Waals surface area contributed by atoms with Crippen molar-refractivity contribution in [1.29, 1.82) is 0 Å². The molecule has 0 aliphatic heterocycles. The largest absolute Gasteiger partial charge is 0.366 e. The van der Waals surface area contributed by atoms with Crippen LogP contribution in [0.3, 0.4) is 0 Å². The average Bonchev–Trinajstić information content (AvgIpc) is 2.44. The van der Waals surface area contributed by atoms with Gasteiger partial charge >= 0.3 is 0 Å². The third-order valence-electron chi connectivity index (χ3n) is 3.77. The van der Waals surface area contributed by atoms with E-state index >= 15 is 0 Å². The lowest BCUT2D eigenvalue weighted by Crippen LogP contribution is -2.27. The SMILES string of the molecule is Cc1ccnc(NC2CCc3ccccc3C2)c1Br.